The normalized spacial score (nSPS) is 12.6. The van der Waals surface area contributed by atoms with Gasteiger partial charge in [0.05, 0.1) is 33.1 Å². The number of nitrogens with zero attached hydrogens (tertiary/aromatic N) is 2. The predicted octanol–water partition coefficient (Wildman–Crippen LogP) is 9.86. The fourth-order valence-electron chi connectivity index (χ4n) is 7.08. The van der Waals surface area contributed by atoms with Crippen molar-refractivity contribution in [3.8, 4) is 0 Å². The van der Waals surface area contributed by atoms with E-state index in [1.54, 1.807) is 0 Å². The highest BCUT2D eigenvalue weighted by atomic mass is 16.3. The van der Waals surface area contributed by atoms with E-state index in [0.717, 1.165) is 27.5 Å². The van der Waals surface area contributed by atoms with Crippen molar-refractivity contribution in [2.24, 2.45) is 0 Å². The molecule has 0 fully saturated rings. The Hall–Kier alpha value is -5.28. The number of fused-ring (bicyclic) bond motifs is 13. The maximum Gasteiger partial charge on any atom is 0.137 e. The summed E-state index contributed by atoms with van der Waals surface area (Å²) in [7, 11) is 0. The van der Waals surface area contributed by atoms with Crippen LogP contribution in [0.1, 0.15) is 0 Å². The van der Waals surface area contributed by atoms with Crippen molar-refractivity contribution in [3.63, 3.8) is 0 Å². The molecule has 0 aliphatic heterocycles. The van der Waals surface area contributed by atoms with Crippen molar-refractivity contribution in [2.45, 2.75) is 0 Å². The molecular weight excluding hydrogens is 476 g/mol. The third kappa shape index (κ3) is 2.31. The van der Waals surface area contributed by atoms with E-state index in [-0.39, 0.29) is 0 Å². The van der Waals surface area contributed by atoms with Gasteiger partial charge in [-0.15, -0.1) is 0 Å². The number of hydrogen-bond donors (Lipinski definition) is 0. The molecule has 180 valence electrons. The second-order valence-corrected chi connectivity index (χ2v) is 10.5. The number of hydrogen-bond acceptors (Lipinski definition) is 1. The summed E-state index contributed by atoms with van der Waals surface area (Å²) in [5, 5.41) is 9.78. The molecule has 0 atom stereocenters. The Morgan fingerprint density at radius 1 is 0.333 bits per heavy atom. The molecule has 0 aliphatic carbocycles. The molecule has 4 aromatic heterocycles. The molecule has 10 rings (SSSR count). The summed E-state index contributed by atoms with van der Waals surface area (Å²) < 4.78 is 11.4. The topological polar surface area (TPSA) is 22.0 Å². The molecule has 10 aromatic rings. The molecule has 39 heavy (non-hydrogen) atoms. The van der Waals surface area contributed by atoms with Gasteiger partial charge in [0.25, 0.3) is 0 Å². The monoisotopic (exact) mass is 496 g/mol. The van der Waals surface area contributed by atoms with Crippen LogP contribution >= 0.6 is 0 Å². The Morgan fingerprint density at radius 2 is 0.872 bits per heavy atom. The molecule has 0 aliphatic rings. The summed E-state index contributed by atoms with van der Waals surface area (Å²) in [4.78, 5) is 0. The Labute approximate surface area is 221 Å². The van der Waals surface area contributed by atoms with Gasteiger partial charge in [-0.25, -0.2) is 0 Å². The van der Waals surface area contributed by atoms with Gasteiger partial charge in [0.2, 0.25) is 0 Å². The zero-order valence-electron chi connectivity index (χ0n) is 20.8. The van der Waals surface area contributed by atoms with E-state index in [1.165, 1.54) is 59.9 Å². The molecule has 0 radical (unpaired) electrons. The minimum Gasteiger partial charge on any atom is -0.456 e. The van der Waals surface area contributed by atoms with Gasteiger partial charge in [0, 0.05) is 49.2 Å². The highest BCUT2D eigenvalue weighted by molar-refractivity contribution is 6.25. The molecule has 6 aromatic carbocycles. The summed E-state index contributed by atoms with van der Waals surface area (Å²) in [5.74, 6) is 0. The predicted molar refractivity (Wildman–Crippen MR) is 163 cm³/mol. The first-order valence-corrected chi connectivity index (χ1v) is 13.4. The standard InChI is InChI=1S/C36H20N2O/c1-4-15-29-21(9-1)24-12-7-13-26-27-19-28-23-11-3-6-18-33(23)39-34(28)20-32(27)38-30-16-5-2-10-22(30)25-14-8-17-31(36(25)38)37(29)35(24)26/h1-20H. The number of para-hydroxylation sites is 5. The van der Waals surface area contributed by atoms with E-state index >= 15 is 0 Å². The van der Waals surface area contributed by atoms with Crippen molar-refractivity contribution in [3.05, 3.63) is 121 Å². The van der Waals surface area contributed by atoms with Crippen molar-refractivity contribution < 1.29 is 4.42 Å². The van der Waals surface area contributed by atoms with E-state index < -0.39 is 0 Å². The van der Waals surface area contributed by atoms with Crippen LogP contribution in [0, 0.1) is 0 Å². The van der Waals surface area contributed by atoms with Gasteiger partial charge in [0.15, 0.2) is 0 Å². The van der Waals surface area contributed by atoms with Crippen LogP contribution in [0.25, 0.3) is 87.4 Å². The third-order valence-electron chi connectivity index (χ3n) is 8.64. The van der Waals surface area contributed by atoms with E-state index in [9.17, 15) is 0 Å². The summed E-state index contributed by atoms with van der Waals surface area (Å²) in [5.41, 5.74) is 9.05. The molecule has 0 spiro atoms. The van der Waals surface area contributed by atoms with E-state index in [2.05, 4.69) is 124 Å². The van der Waals surface area contributed by atoms with Crippen LogP contribution in [0.2, 0.25) is 0 Å². The molecule has 0 unspecified atom stereocenters. The smallest absolute Gasteiger partial charge is 0.137 e. The van der Waals surface area contributed by atoms with Crippen LogP contribution < -0.4 is 0 Å². The van der Waals surface area contributed by atoms with Crippen molar-refractivity contribution in [2.75, 3.05) is 0 Å². The van der Waals surface area contributed by atoms with Crippen LogP contribution in [0.5, 0.6) is 0 Å². The SMILES string of the molecule is c1ccc2c(c1)oc1cc3c(cc12)c1cccc2c4ccccc4n(c4cccc5c6ccccc6n3c54)c21. The lowest BCUT2D eigenvalue weighted by Crippen LogP contribution is -1.94. The van der Waals surface area contributed by atoms with Crippen molar-refractivity contribution in [1.82, 2.24) is 8.80 Å². The summed E-state index contributed by atoms with van der Waals surface area (Å²) in [6, 6.07) is 44.0. The number of benzene rings is 6. The molecule has 0 N–H and O–H groups in total. The van der Waals surface area contributed by atoms with Gasteiger partial charge in [0.1, 0.15) is 11.2 Å². The first kappa shape index (κ1) is 19.8. The van der Waals surface area contributed by atoms with Crippen LogP contribution in [0.3, 0.4) is 0 Å². The fraction of sp³-hybridized carbons (Fsp3) is 0. The minimum atomic E-state index is 0.909. The van der Waals surface area contributed by atoms with Gasteiger partial charge in [-0.2, -0.15) is 0 Å². The highest BCUT2D eigenvalue weighted by Crippen LogP contribution is 2.42. The molecule has 3 heteroatoms. The Bertz CT molecular complexity index is 2660. The minimum absolute atomic E-state index is 0.909. The summed E-state index contributed by atoms with van der Waals surface area (Å²) >= 11 is 0. The molecule has 0 bridgehead atoms. The van der Waals surface area contributed by atoms with Crippen LogP contribution in [-0.4, -0.2) is 8.80 Å². The maximum atomic E-state index is 6.44. The largest absolute Gasteiger partial charge is 0.456 e. The number of rotatable bonds is 0. The summed E-state index contributed by atoms with van der Waals surface area (Å²) in [6.07, 6.45) is 0. The van der Waals surface area contributed by atoms with Gasteiger partial charge < -0.3 is 13.2 Å². The molecule has 0 saturated carbocycles. The Balaban J connectivity index is 1.67. The zero-order chi connectivity index (χ0) is 25.2. The van der Waals surface area contributed by atoms with Crippen LogP contribution in [0.4, 0.5) is 0 Å². The highest BCUT2D eigenvalue weighted by Gasteiger charge is 2.20. The second-order valence-electron chi connectivity index (χ2n) is 10.5. The quantitative estimate of drug-likeness (QED) is 0.205. The fourth-order valence-corrected chi connectivity index (χ4v) is 7.08. The average Bonchev–Trinajstić information content (AvgIpc) is 3.63. The Kier molecular flexibility index (Phi) is 3.44. The zero-order valence-corrected chi connectivity index (χ0v) is 20.8. The van der Waals surface area contributed by atoms with Gasteiger partial charge in [-0.3, -0.25) is 0 Å². The second kappa shape index (κ2) is 6.77. The molecule has 0 amide bonds. The maximum absolute atomic E-state index is 6.44. The Morgan fingerprint density at radius 3 is 1.64 bits per heavy atom. The molecule has 4 heterocycles. The van der Waals surface area contributed by atoms with Gasteiger partial charge >= 0.3 is 0 Å². The lowest BCUT2D eigenvalue weighted by Gasteiger charge is -2.11. The van der Waals surface area contributed by atoms with Crippen molar-refractivity contribution >= 4 is 87.4 Å². The van der Waals surface area contributed by atoms with Crippen molar-refractivity contribution in [1.29, 1.82) is 0 Å². The first-order valence-electron chi connectivity index (χ1n) is 13.4. The van der Waals surface area contributed by atoms with Crippen LogP contribution in [0.15, 0.2) is 126 Å². The number of aromatic nitrogens is 2. The first-order chi connectivity index (χ1) is 19.4. The lowest BCUT2D eigenvalue weighted by molar-refractivity contribution is 0.669. The molecular formula is C36H20N2O. The van der Waals surface area contributed by atoms with E-state index in [4.69, 9.17) is 4.42 Å². The van der Waals surface area contributed by atoms with Crippen LogP contribution in [-0.2, 0) is 0 Å². The molecule has 0 saturated heterocycles. The van der Waals surface area contributed by atoms with E-state index in [1.807, 2.05) is 6.07 Å². The number of furan rings is 1. The molecule has 3 nitrogen and oxygen atoms in total. The average molecular weight is 497 g/mol. The third-order valence-corrected chi connectivity index (χ3v) is 8.64. The van der Waals surface area contributed by atoms with E-state index in [0.29, 0.717) is 0 Å². The lowest BCUT2D eigenvalue weighted by atomic mass is 10.0. The van der Waals surface area contributed by atoms with Gasteiger partial charge in [-0.1, -0.05) is 84.9 Å². The van der Waals surface area contributed by atoms with Gasteiger partial charge in [-0.05, 0) is 30.3 Å². The summed E-state index contributed by atoms with van der Waals surface area (Å²) in [6.45, 7) is 0.